The van der Waals surface area contributed by atoms with Crippen molar-refractivity contribution in [1.82, 2.24) is 5.32 Å². The molecule has 0 saturated carbocycles. The van der Waals surface area contributed by atoms with Gasteiger partial charge in [-0.05, 0) is 31.5 Å². The van der Waals surface area contributed by atoms with Crippen LogP contribution in [0.4, 0.5) is 8.78 Å². The van der Waals surface area contributed by atoms with Crippen LogP contribution in [-0.2, 0) is 4.79 Å². The molecule has 1 aromatic carbocycles. The third kappa shape index (κ3) is 3.27. The van der Waals surface area contributed by atoms with Crippen LogP contribution >= 0.6 is 0 Å². The van der Waals surface area contributed by atoms with E-state index in [0.717, 1.165) is 18.2 Å². The van der Waals surface area contributed by atoms with Crippen molar-refractivity contribution >= 4 is 5.91 Å². The highest BCUT2D eigenvalue weighted by Crippen LogP contribution is 2.14. The van der Waals surface area contributed by atoms with Crippen LogP contribution in [0, 0.1) is 11.6 Å². The van der Waals surface area contributed by atoms with Crippen molar-refractivity contribution < 1.29 is 13.6 Å². The van der Waals surface area contributed by atoms with Gasteiger partial charge in [0.15, 0.2) is 0 Å². The van der Waals surface area contributed by atoms with Crippen LogP contribution in [0.25, 0.3) is 0 Å². The third-order valence-electron chi connectivity index (χ3n) is 1.96. The van der Waals surface area contributed by atoms with Gasteiger partial charge in [-0.15, -0.1) is 0 Å². The zero-order valence-electron chi connectivity index (χ0n) is 9.13. The second kappa shape index (κ2) is 5.03. The first kappa shape index (κ1) is 12.6. The molecule has 1 atom stereocenters. The van der Waals surface area contributed by atoms with Crippen LogP contribution < -0.4 is 11.1 Å². The predicted octanol–water partition coefficient (Wildman–Crippen LogP) is 1.49. The van der Waals surface area contributed by atoms with E-state index in [0.29, 0.717) is 0 Å². The standard InChI is InChI=1S/C11H14F2N2O/c1-6(2)15-11(16)10(14)7-3-8(12)5-9(13)4-7/h3-6,10H,14H2,1-2H3,(H,15,16). The van der Waals surface area contributed by atoms with Gasteiger partial charge in [-0.25, -0.2) is 8.78 Å². The van der Waals surface area contributed by atoms with E-state index in [-0.39, 0.29) is 11.6 Å². The number of nitrogens with two attached hydrogens (primary N) is 1. The maximum Gasteiger partial charge on any atom is 0.241 e. The topological polar surface area (TPSA) is 55.1 Å². The van der Waals surface area contributed by atoms with Gasteiger partial charge in [-0.1, -0.05) is 0 Å². The molecule has 1 unspecified atom stereocenters. The largest absolute Gasteiger partial charge is 0.352 e. The highest BCUT2D eigenvalue weighted by Gasteiger charge is 2.17. The van der Waals surface area contributed by atoms with Crippen molar-refractivity contribution in [3.05, 3.63) is 35.4 Å². The molecular weight excluding hydrogens is 214 g/mol. The van der Waals surface area contributed by atoms with E-state index < -0.39 is 23.6 Å². The fourth-order valence-corrected chi connectivity index (χ4v) is 1.28. The summed E-state index contributed by atoms with van der Waals surface area (Å²) in [4.78, 5) is 11.5. The van der Waals surface area contributed by atoms with E-state index in [1.807, 2.05) is 0 Å². The number of hydrogen-bond acceptors (Lipinski definition) is 2. The molecule has 0 aliphatic rings. The maximum absolute atomic E-state index is 12.9. The Bertz CT molecular complexity index is 373. The van der Waals surface area contributed by atoms with Crippen LogP contribution in [0.1, 0.15) is 25.5 Å². The fourth-order valence-electron chi connectivity index (χ4n) is 1.28. The molecular formula is C11H14F2N2O. The summed E-state index contributed by atoms with van der Waals surface area (Å²) >= 11 is 0. The van der Waals surface area contributed by atoms with E-state index in [4.69, 9.17) is 5.73 Å². The van der Waals surface area contributed by atoms with Gasteiger partial charge in [0, 0.05) is 12.1 Å². The lowest BCUT2D eigenvalue weighted by atomic mass is 10.1. The Morgan fingerprint density at radius 3 is 2.19 bits per heavy atom. The minimum atomic E-state index is -1.06. The summed E-state index contributed by atoms with van der Waals surface area (Å²) in [5, 5.41) is 2.57. The van der Waals surface area contributed by atoms with Crippen molar-refractivity contribution in [3.8, 4) is 0 Å². The highest BCUT2D eigenvalue weighted by molar-refractivity contribution is 5.83. The number of halogens is 2. The van der Waals surface area contributed by atoms with Gasteiger partial charge in [0.1, 0.15) is 17.7 Å². The molecule has 3 N–H and O–H groups in total. The Hall–Kier alpha value is -1.49. The Kier molecular flexibility index (Phi) is 3.95. The number of amides is 1. The van der Waals surface area contributed by atoms with Gasteiger partial charge < -0.3 is 11.1 Å². The first-order valence-electron chi connectivity index (χ1n) is 4.92. The number of nitrogens with one attached hydrogen (secondary N) is 1. The van der Waals surface area contributed by atoms with Crippen LogP contribution in [-0.4, -0.2) is 11.9 Å². The first-order valence-corrected chi connectivity index (χ1v) is 4.92. The van der Waals surface area contributed by atoms with Gasteiger partial charge in [0.05, 0.1) is 0 Å². The highest BCUT2D eigenvalue weighted by atomic mass is 19.1. The molecule has 0 bridgehead atoms. The molecule has 1 aromatic rings. The van der Waals surface area contributed by atoms with Crippen LogP contribution in [0.2, 0.25) is 0 Å². The lowest BCUT2D eigenvalue weighted by Gasteiger charge is -2.14. The number of hydrogen-bond donors (Lipinski definition) is 2. The predicted molar refractivity (Wildman–Crippen MR) is 56.6 cm³/mol. The maximum atomic E-state index is 12.9. The molecule has 0 aliphatic carbocycles. The molecule has 0 radical (unpaired) electrons. The van der Waals surface area contributed by atoms with E-state index in [2.05, 4.69) is 5.32 Å². The first-order chi connectivity index (χ1) is 7.40. The molecule has 3 nitrogen and oxygen atoms in total. The molecule has 16 heavy (non-hydrogen) atoms. The van der Waals surface area contributed by atoms with E-state index in [1.54, 1.807) is 13.8 Å². The summed E-state index contributed by atoms with van der Waals surface area (Å²) in [6, 6.07) is 1.70. The summed E-state index contributed by atoms with van der Waals surface area (Å²) < 4.78 is 25.8. The zero-order valence-corrected chi connectivity index (χ0v) is 9.13. The molecule has 0 aromatic heterocycles. The average Bonchev–Trinajstić information content (AvgIpc) is 2.13. The monoisotopic (exact) mass is 228 g/mol. The van der Waals surface area contributed by atoms with Crippen molar-refractivity contribution in [1.29, 1.82) is 0 Å². The second-order valence-corrected chi connectivity index (χ2v) is 3.84. The summed E-state index contributed by atoms with van der Waals surface area (Å²) in [6.45, 7) is 3.55. The Morgan fingerprint density at radius 1 is 1.25 bits per heavy atom. The minimum Gasteiger partial charge on any atom is -0.352 e. The minimum absolute atomic E-state index is 0.0723. The Labute approximate surface area is 92.6 Å². The second-order valence-electron chi connectivity index (χ2n) is 3.84. The van der Waals surface area contributed by atoms with Crippen LogP contribution in [0.5, 0.6) is 0 Å². The van der Waals surface area contributed by atoms with Crippen molar-refractivity contribution in [2.75, 3.05) is 0 Å². The summed E-state index contributed by atoms with van der Waals surface area (Å²) in [5.74, 6) is -1.95. The molecule has 0 spiro atoms. The number of carbonyl (C=O) groups is 1. The summed E-state index contributed by atoms with van der Waals surface area (Å²) in [7, 11) is 0. The average molecular weight is 228 g/mol. The fraction of sp³-hybridized carbons (Fsp3) is 0.364. The van der Waals surface area contributed by atoms with Gasteiger partial charge >= 0.3 is 0 Å². The smallest absolute Gasteiger partial charge is 0.241 e. The Morgan fingerprint density at radius 2 is 1.75 bits per heavy atom. The van der Waals surface area contributed by atoms with Crippen molar-refractivity contribution in [2.24, 2.45) is 5.73 Å². The molecule has 1 amide bonds. The molecule has 0 aliphatic heterocycles. The quantitative estimate of drug-likeness (QED) is 0.823. The molecule has 5 heteroatoms. The number of rotatable bonds is 3. The SMILES string of the molecule is CC(C)NC(=O)C(N)c1cc(F)cc(F)c1. The zero-order chi connectivity index (χ0) is 12.3. The van der Waals surface area contributed by atoms with Crippen LogP contribution in [0.3, 0.4) is 0 Å². The van der Waals surface area contributed by atoms with Gasteiger partial charge in [0.25, 0.3) is 0 Å². The molecule has 88 valence electrons. The number of benzene rings is 1. The van der Waals surface area contributed by atoms with Gasteiger partial charge in [-0.3, -0.25) is 4.79 Å². The Balaban J connectivity index is 2.87. The molecule has 1 rings (SSSR count). The normalized spacial score (nSPS) is 12.6. The molecule has 0 heterocycles. The lowest BCUT2D eigenvalue weighted by molar-refractivity contribution is -0.122. The van der Waals surface area contributed by atoms with Crippen LogP contribution in [0.15, 0.2) is 18.2 Å². The third-order valence-corrected chi connectivity index (χ3v) is 1.96. The van der Waals surface area contributed by atoms with Crippen molar-refractivity contribution in [3.63, 3.8) is 0 Å². The molecule has 0 fully saturated rings. The van der Waals surface area contributed by atoms with E-state index in [1.165, 1.54) is 0 Å². The summed E-state index contributed by atoms with van der Waals surface area (Å²) in [5.41, 5.74) is 5.70. The van der Waals surface area contributed by atoms with E-state index >= 15 is 0 Å². The van der Waals surface area contributed by atoms with E-state index in [9.17, 15) is 13.6 Å². The van der Waals surface area contributed by atoms with Crippen molar-refractivity contribution in [2.45, 2.75) is 25.9 Å². The number of carbonyl (C=O) groups excluding carboxylic acids is 1. The molecule has 0 saturated heterocycles. The van der Waals surface area contributed by atoms with Gasteiger partial charge in [-0.2, -0.15) is 0 Å². The van der Waals surface area contributed by atoms with Gasteiger partial charge in [0.2, 0.25) is 5.91 Å². The summed E-state index contributed by atoms with van der Waals surface area (Å²) in [6.07, 6.45) is 0. The lowest BCUT2D eigenvalue weighted by Crippen LogP contribution is -2.38.